The fraction of sp³-hybridized carbons (Fsp3) is 0.348. The number of aryl methyl sites for hydroxylation is 2. The maximum atomic E-state index is 12.3. The van der Waals surface area contributed by atoms with E-state index in [1.165, 1.54) is 11.8 Å². The van der Waals surface area contributed by atoms with Gasteiger partial charge >= 0.3 is 0 Å². The summed E-state index contributed by atoms with van der Waals surface area (Å²) in [6.07, 6.45) is -0.320. The third kappa shape index (κ3) is 5.95. The van der Waals surface area contributed by atoms with Crippen LogP contribution in [0.25, 0.3) is 0 Å². The number of carbonyl (C=O) groups excluding carboxylic acids is 1. The summed E-state index contributed by atoms with van der Waals surface area (Å²) in [5.74, 6) is 2.25. The maximum absolute atomic E-state index is 12.3. The molecule has 3 rings (SSSR count). The molecule has 0 aliphatic rings. The van der Waals surface area contributed by atoms with Crippen LogP contribution in [0.2, 0.25) is 5.02 Å². The van der Waals surface area contributed by atoms with E-state index in [-0.39, 0.29) is 17.8 Å². The molecule has 1 unspecified atom stereocenters. The highest BCUT2D eigenvalue weighted by atomic mass is 35.5. The summed E-state index contributed by atoms with van der Waals surface area (Å²) in [5.41, 5.74) is 2.64. The van der Waals surface area contributed by atoms with Gasteiger partial charge in [0, 0.05) is 17.8 Å². The fourth-order valence-electron chi connectivity index (χ4n) is 3.17. The lowest BCUT2D eigenvalue weighted by atomic mass is 10.1. The van der Waals surface area contributed by atoms with Gasteiger partial charge in [0.2, 0.25) is 5.91 Å². The molecular formula is C23H27ClN4O3S. The lowest BCUT2D eigenvalue weighted by Gasteiger charge is -2.16. The minimum absolute atomic E-state index is 0.125. The summed E-state index contributed by atoms with van der Waals surface area (Å²) in [7, 11) is 1.86. The third-order valence-corrected chi connectivity index (χ3v) is 6.35. The second-order valence-corrected chi connectivity index (χ2v) is 8.65. The number of thioether (sulfide) groups is 1. The van der Waals surface area contributed by atoms with E-state index in [4.69, 9.17) is 21.1 Å². The van der Waals surface area contributed by atoms with E-state index in [1.807, 2.05) is 75.7 Å². The molecule has 9 heteroatoms. The van der Waals surface area contributed by atoms with Crippen LogP contribution in [-0.2, 0) is 11.8 Å². The summed E-state index contributed by atoms with van der Waals surface area (Å²) in [4.78, 5) is 12.3. The van der Waals surface area contributed by atoms with Crippen LogP contribution < -0.4 is 14.8 Å². The predicted octanol–water partition coefficient (Wildman–Crippen LogP) is 5.35. The molecule has 7 nitrogen and oxygen atoms in total. The summed E-state index contributed by atoms with van der Waals surface area (Å²) in [6.45, 7) is 8.34. The lowest BCUT2D eigenvalue weighted by Crippen LogP contribution is -2.15. The molecule has 1 heterocycles. The van der Waals surface area contributed by atoms with Crippen LogP contribution in [0.15, 0.2) is 41.6 Å². The van der Waals surface area contributed by atoms with Gasteiger partial charge in [0.15, 0.2) is 17.1 Å². The van der Waals surface area contributed by atoms with Crippen molar-refractivity contribution in [3.63, 3.8) is 0 Å². The Morgan fingerprint density at radius 1 is 1.16 bits per heavy atom. The van der Waals surface area contributed by atoms with Crippen molar-refractivity contribution in [1.29, 1.82) is 0 Å². The number of ether oxygens (including phenoxy) is 2. The first kappa shape index (κ1) is 23.9. The number of nitrogens with one attached hydrogen (secondary N) is 1. The van der Waals surface area contributed by atoms with Gasteiger partial charge in [-0.25, -0.2) is 0 Å². The van der Waals surface area contributed by atoms with Crippen molar-refractivity contribution >= 4 is 35.0 Å². The van der Waals surface area contributed by atoms with E-state index in [0.29, 0.717) is 23.3 Å². The number of aromatic nitrogens is 3. The number of hydrogen-bond acceptors (Lipinski definition) is 6. The first-order chi connectivity index (χ1) is 15.3. The molecule has 0 fully saturated rings. The highest BCUT2D eigenvalue weighted by Crippen LogP contribution is 2.29. The van der Waals surface area contributed by atoms with Crippen LogP contribution in [0.5, 0.6) is 11.5 Å². The van der Waals surface area contributed by atoms with E-state index in [2.05, 4.69) is 15.5 Å². The minimum atomic E-state index is -0.320. The van der Waals surface area contributed by atoms with E-state index in [1.54, 1.807) is 0 Å². The van der Waals surface area contributed by atoms with Crippen molar-refractivity contribution in [3.8, 4) is 11.5 Å². The van der Waals surface area contributed by atoms with Gasteiger partial charge in [0.1, 0.15) is 11.5 Å². The zero-order chi connectivity index (χ0) is 23.3. The second kappa shape index (κ2) is 10.7. The number of carbonyl (C=O) groups is 1. The van der Waals surface area contributed by atoms with Crippen LogP contribution in [0.4, 0.5) is 5.69 Å². The Hall–Kier alpha value is -2.71. The Kier molecular flexibility index (Phi) is 8.04. The molecular weight excluding hydrogens is 448 g/mol. The van der Waals surface area contributed by atoms with Gasteiger partial charge in [0.25, 0.3) is 0 Å². The molecule has 0 saturated carbocycles. The average molecular weight is 475 g/mol. The maximum Gasteiger partial charge on any atom is 0.234 e. The molecule has 0 aliphatic heterocycles. The fourth-order valence-corrected chi connectivity index (χ4v) is 3.99. The van der Waals surface area contributed by atoms with Crippen LogP contribution in [0.1, 0.15) is 36.9 Å². The van der Waals surface area contributed by atoms with Gasteiger partial charge in [-0.05, 0) is 75.2 Å². The van der Waals surface area contributed by atoms with Gasteiger partial charge in [0.05, 0.1) is 12.4 Å². The van der Waals surface area contributed by atoms with Crippen molar-refractivity contribution in [2.24, 2.45) is 7.05 Å². The largest absolute Gasteiger partial charge is 0.494 e. The van der Waals surface area contributed by atoms with Crippen LogP contribution in [-0.4, -0.2) is 33.0 Å². The Bertz CT molecular complexity index is 1060. The van der Waals surface area contributed by atoms with E-state index in [9.17, 15) is 4.79 Å². The summed E-state index contributed by atoms with van der Waals surface area (Å²) >= 11 is 7.56. The number of halogens is 1. The van der Waals surface area contributed by atoms with Gasteiger partial charge in [-0.15, -0.1) is 10.2 Å². The van der Waals surface area contributed by atoms with Crippen molar-refractivity contribution in [2.45, 2.75) is 39.0 Å². The molecule has 0 aliphatic carbocycles. The Morgan fingerprint density at radius 2 is 1.81 bits per heavy atom. The number of hydrogen-bond donors (Lipinski definition) is 1. The minimum Gasteiger partial charge on any atom is -0.494 e. The van der Waals surface area contributed by atoms with Gasteiger partial charge in [-0.2, -0.15) is 0 Å². The molecule has 0 saturated heterocycles. The molecule has 2 aromatic carbocycles. The molecule has 0 bridgehead atoms. The zero-order valence-corrected chi connectivity index (χ0v) is 20.4. The van der Waals surface area contributed by atoms with Crippen molar-refractivity contribution in [1.82, 2.24) is 14.8 Å². The normalized spacial score (nSPS) is 11.8. The number of nitrogens with zero attached hydrogens (tertiary/aromatic N) is 3. The lowest BCUT2D eigenvalue weighted by molar-refractivity contribution is -0.113. The first-order valence-electron chi connectivity index (χ1n) is 10.3. The van der Waals surface area contributed by atoms with Gasteiger partial charge < -0.3 is 19.4 Å². The Balaban J connectivity index is 1.57. The number of rotatable bonds is 9. The molecule has 3 aromatic rings. The SMILES string of the molecule is CCOc1ccc(NC(=O)CSc2nnc(C(C)Oc3cc(C)c(Cl)c(C)c3)n2C)cc1. The molecule has 0 spiro atoms. The molecule has 170 valence electrons. The van der Waals surface area contributed by atoms with E-state index >= 15 is 0 Å². The molecule has 1 atom stereocenters. The van der Waals surface area contributed by atoms with E-state index < -0.39 is 0 Å². The second-order valence-electron chi connectivity index (χ2n) is 7.33. The highest BCUT2D eigenvalue weighted by molar-refractivity contribution is 7.99. The quantitative estimate of drug-likeness (QED) is 0.421. The standard InChI is InChI=1S/C23H27ClN4O3S/c1-6-30-18-9-7-17(8-10-18)25-20(29)13-32-23-27-26-22(28(23)5)16(4)31-19-11-14(2)21(24)15(3)12-19/h7-12,16H,6,13H2,1-5H3,(H,25,29). The summed E-state index contributed by atoms with van der Waals surface area (Å²) < 4.78 is 13.3. The highest BCUT2D eigenvalue weighted by Gasteiger charge is 2.19. The average Bonchev–Trinajstić information content (AvgIpc) is 3.12. The number of benzene rings is 2. The molecule has 1 amide bonds. The summed E-state index contributed by atoms with van der Waals surface area (Å²) in [6, 6.07) is 11.1. The Morgan fingerprint density at radius 3 is 2.44 bits per heavy atom. The monoisotopic (exact) mass is 474 g/mol. The van der Waals surface area contributed by atoms with Gasteiger partial charge in [-0.3, -0.25) is 4.79 Å². The Labute approximate surface area is 197 Å². The van der Waals surface area contributed by atoms with Crippen molar-refractivity contribution in [2.75, 3.05) is 17.7 Å². The van der Waals surface area contributed by atoms with Crippen molar-refractivity contribution < 1.29 is 14.3 Å². The van der Waals surface area contributed by atoms with Crippen LogP contribution >= 0.6 is 23.4 Å². The van der Waals surface area contributed by atoms with Gasteiger partial charge in [-0.1, -0.05) is 23.4 Å². The zero-order valence-electron chi connectivity index (χ0n) is 18.8. The first-order valence-corrected chi connectivity index (χ1v) is 11.6. The third-order valence-electron chi connectivity index (χ3n) is 4.74. The van der Waals surface area contributed by atoms with Crippen LogP contribution in [0, 0.1) is 13.8 Å². The number of anilines is 1. The topological polar surface area (TPSA) is 78.3 Å². The van der Waals surface area contributed by atoms with Crippen molar-refractivity contribution in [3.05, 3.63) is 58.4 Å². The number of amides is 1. The van der Waals surface area contributed by atoms with Crippen LogP contribution in [0.3, 0.4) is 0 Å². The molecule has 0 radical (unpaired) electrons. The predicted molar refractivity (Wildman–Crippen MR) is 128 cm³/mol. The molecule has 1 N–H and O–H groups in total. The summed E-state index contributed by atoms with van der Waals surface area (Å²) in [5, 5.41) is 12.7. The molecule has 32 heavy (non-hydrogen) atoms. The molecule has 1 aromatic heterocycles. The van der Waals surface area contributed by atoms with E-state index in [0.717, 1.165) is 27.6 Å². The smallest absolute Gasteiger partial charge is 0.234 e.